The Morgan fingerprint density at radius 1 is 1.13 bits per heavy atom. The molecule has 3 rings (SSSR count). The van der Waals surface area contributed by atoms with Crippen LogP contribution in [0.25, 0.3) is 0 Å². The van der Waals surface area contributed by atoms with Crippen molar-refractivity contribution in [1.29, 1.82) is 0 Å². The summed E-state index contributed by atoms with van der Waals surface area (Å²) in [6, 6.07) is 14.5. The van der Waals surface area contributed by atoms with E-state index in [9.17, 15) is 13.2 Å². The fraction of sp³-hybridized carbons (Fsp3) is 0.190. The molecule has 9 heteroatoms. The predicted molar refractivity (Wildman–Crippen MR) is 114 cm³/mol. The summed E-state index contributed by atoms with van der Waals surface area (Å²) in [4.78, 5) is 12.7. The van der Waals surface area contributed by atoms with Gasteiger partial charge < -0.3 is 14.5 Å². The Morgan fingerprint density at radius 2 is 1.83 bits per heavy atom. The van der Waals surface area contributed by atoms with E-state index in [1.807, 2.05) is 6.92 Å². The number of rotatable bonds is 7. The normalized spacial score (nSPS) is 11.5. The number of furan rings is 1. The summed E-state index contributed by atoms with van der Waals surface area (Å²) in [5.74, 6) is 0.305. The molecule has 0 unspecified atom stereocenters. The van der Waals surface area contributed by atoms with Gasteiger partial charge in [0.1, 0.15) is 11.5 Å². The van der Waals surface area contributed by atoms with Crippen molar-refractivity contribution in [1.82, 2.24) is 4.31 Å². The van der Waals surface area contributed by atoms with Crippen LogP contribution in [-0.4, -0.2) is 32.8 Å². The smallest absolute Gasteiger partial charge is 0.291 e. The molecule has 0 aliphatic heterocycles. The first-order valence-electron chi connectivity index (χ1n) is 8.97. The van der Waals surface area contributed by atoms with Gasteiger partial charge in [-0.25, -0.2) is 8.42 Å². The summed E-state index contributed by atoms with van der Waals surface area (Å²) in [6.45, 7) is 1.86. The highest BCUT2D eigenvalue weighted by molar-refractivity contribution is 7.89. The van der Waals surface area contributed by atoms with Crippen molar-refractivity contribution in [3.8, 4) is 5.75 Å². The van der Waals surface area contributed by atoms with E-state index < -0.39 is 15.9 Å². The molecule has 1 N–H and O–H groups in total. The van der Waals surface area contributed by atoms with E-state index in [2.05, 4.69) is 5.32 Å². The molecule has 1 heterocycles. The maximum absolute atomic E-state index is 12.7. The summed E-state index contributed by atoms with van der Waals surface area (Å²) in [5, 5.41) is 3.11. The van der Waals surface area contributed by atoms with Crippen molar-refractivity contribution >= 4 is 33.2 Å². The number of sulfonamides is 1. The molecule has 1 amide bonds. The van der Waals surface area contributed by atoms with E-state index in [0.29, 0.717) is 22.2 Å². The summed E-state index contributed by atoms with van der Waals surface area (Å²) in [6.07, 6.45) is 0. The first-order valence-corrected chi connectivity index (χ1v) is 10.8. The van der Waals surface area contributed by atoms with E-state index in [4.69, 9.17) is 20.8 Å². The van der Waals surface area contributed by atoms with Crippen LogP contribution in [-0.2, 0) is 16.6 Å². The van der Waals surface area contributed by atoms with E-state index >= 15 is 0 Å². The van der Waals surface area contributed by atoms with Gasteiger partial charge in [0, 0.05) is 12.1 Å². The zero-order valence-electron chi connectivity index (χ0n) is 16.7. The van der Waals surface area contributed by atoms with E-state index in [0.717, 1.165) is 9.87 Å². The lowest BCUT2D eigenvalue weighted by atomic mass is 10.2. The van der Waals surface area contributed by atoms with Crippen LogP contribution < -0.4 is 10.1 Å². The number of aryl methyl sites for hydroxylation is 1. The van der Waals surface area contributed by atoms with Crippen LogP contribution in [0.5, 0.6) is 5.75 Å². The van der Waals surface area contributed by atoms with Crippen molar-refractivity contribution in [3.05, 3.63) is 76.7 Å². The highest BCUT2D eigenvalue weighted by Crippen LogP contribution is 2.28. The molecule has 0 saturated carbocycles. The van der Waals surface area contributed by atoms with Gasteiger partial charge in [0.05, 0.1) is 24.2 Å². The molecule has 0 bridgehead atoms. The molecule has 0 aliphatic carbocycles. The van der Waals surface area contributed by atoms with Crippen LogP contribution in [0, 0.1) is 6.92 Å². The Balaban J connectivity index is 1.72. The number of amides is 1. The Bertz CT molecular complexity index is 1160. The zero-order chi connectivity index (χ0) is 21.9. The maximum atomic E-state index is 12.7. The van der Waals surface area contributed by atoms with E-state index in [1.54, 1.807) is 48.5 Å². The number of hydrogen-bond donors (Lipinski definition) is 1. The molecular formula is C21H21ClN2O5S. The van der Waals surface area contributed by atoms with E-state index in [1.165, 1.54) is 20.2 Å². The first-order chi connectivity index (χ1) is 14.2. The highest BCUT2D eigenvalue weighted by atomic mass is 35.5. The first kappa shape index (κ1) is 21.9. The number of carbonyl (C=O) groups excluding carboxylic acids is 1. The van der Waals surface area contributed by atoms with Gasteiger partial charge >= 0.3 is 0 Å². The predicted octanol–water partition coefficient (Wildman–Crippen LogP) is 4.32. The molecule has 3 aromatic rings. The number of nitrogens with zero attached hydrogens (tertiary/aromatic N) is 1. The minimum Gasteiger partial charge on any atom is -0.495 e. The zero-order valence-corrected chi connectivity index (χ0v) is 18.3. The fourth-order valence-electron chi connectivity index (χ4n) is 2.74. The van der Waals surface area contributed by atoms with Crippen LogP contribution in [0.3, 0.4) is 0 Å². The molecule has 0 saturated heterocycles. The van der Waals surface area contributed by atoms with E-state index in [-0.39, 0.29) is 17.2 Å². The molecule has 1 aromatic heterocycles. The van der Waals surface area contributed by atoms with Crippen LogP contribution in [0.1, 0.15) is 21.9 Å². The second-order valence-corrected chi connectivity index (χ2v) is 9.12. The second-order valence-electron chi connectivity index (χ2n) is 6.64. The molecule has 30 heavy (non-hydrogen) atoms. The number of ether oxygens (including phenoxy) is 1. The van der Waals surface area contributed by atoms with Gasteiger partial charge in [-0.05, 0) is 49.4 Å². The summed E-state index contributed by atoms with van der Waals surface area (Å²) in [7, 11) is -0.753. The van der Waals surface area contributed by atoms with Gasteiger partial charge in [0.15, 0.2) is 5.76 Å². The third-order valence-electron chi connectivity index (χ3n) is 4.40. The number of hydrogen-bond acceptors (Lipinski definition) is 5. The summed E-state index contributed by atoms with van der Waals surface area (Å²) in [5.41, 5.74) is 1.36. The van der Waals surface area contributed by atoms with Crippen LogP contribution >= 0.6 is 11.6 Å². The van der Waals surface area contributed by atoms with Gasteiger partial charge in [-0.1, -0.05) is 29.3 Å². The lowest BCUT2D eigenvalue weighted by Gasteiger charge is -2.16. The molecule has 0 radical (unpaired) electrons. The molecule has 0 atom stereocenters. The van der Waals surface area contributed by atoms with Gasteiger partial charge in [-0.15, -0.1) is 0 Å². The fourth-order valence-corrected chi connectivity index (χ4v) is 4.05. The second kappa shape index (κ2) is 8.91. The molecule has 0 spiro atoms. The quantitative estimate of drug-likeness (QED) is 0.581. The van der Waals surface area contributed by atoms with Crippen molar-refractivity contribution in [2.24, 2.45) is 0 Å². The van der Waals surface area contributed by atoms with Crippen molar-refractivity contribution in [2.45, 2.75) is 18.4 Å². The van der Waals surface area contributed by atoms with Gasteiger partial charge in [-0.3, -0.25) is 4.79 Å². The number of nitrogens with one attached hydrogen (secondary N) is 1. The molecule has 0 aliphatic rings. The van der Waals surface area contributed by atoms with Crippen molar-refractivity contribution in [3.63, 3.8) is 0 Å². The third-order valence-corrected chi connectivity index (χ3v) is 6.46. The highest BCUT2D eigenvalue weighted by Gasteiger charge is 2.22. The Morgan fingerprint density at radius 3 is 2.50 bits per heavy atom. The van der Waals surface area contributed by atoms with Gasteiger partial charge in [-0.2, -0.15) is 4.31 Å². The molecule has 0 fully saturated rings. The van der Waals surface area contributed by atoms with Crippen molar-refractivity contribution in [2.75, 3.05) is 19.5 Å². The summed E-state index contributed by atoms with van der Waals surface area (Å²) >= 11 is 5.97. The summed E-state index contributed by atoms with van der Waals surface area (Å²) < 4.78 is 37.3. The average molecular weight is 449 g/mol. The standard InChI is InChI=1S/C21H21ClN2O5S/c1-14-4-8-17(9-5-14)30(26,27)24(2)13-16-7-11-20(29-16)21(25)23-18-12-15(22)6-10-19(18)28-3/h4-12H,13H2,1-3H3,(H,23,25). The number of carbonyl (C=O) groups is 1. The van der Waals surface area contributed by atoms with Crippen LogP contribution in [0.2, 0.25) is 5.02 Å². The SMILES string of the molecule is COc1ccc(Cl)cc1NC(=O)c1ccc(CN(C)S(=O)(=O)c2ccc(C)cc2)o1. The van der Waals surface area contributed by atoms with Crippen LogP contribution in [0.15, 0.2) is 63.9 Å². The number of benzene rings is 2. The number of anilines is 1. The van der Waals surface area contributed by atoms with Gasteiger partial charge in [0.25, 0.3) is 5.91 Å². The maximum Gasteiger partial charge on any atom is 0.291 e. The largest absolute Gasteiger partial charge is 0.495 e. The average Bonchev–Trinajstić information content (AvgIpc) is 3.17. The Hall–Kier alpha value is -2.81. The van der Waals surface area contributed by atoms with Gasteiger partial charge in [0.2, 0.25) is 10.0 Å². The Labute approximate surface area is 180 Å². The molecule has 158 valence electrons. The monoisotopic (exact) mass is 448 g/mol. The molecular weight excluding hydrogens is 428 g/mol. The third kappa shape index (κ3) is 4.84. The number of halogens is 1. The minimum atomic E-state index is -3.69. The molecule has 7 nitrogen and oxygen atoms in total. The topological polar surface area (TPSA) is 88.9 Å². The van der Waals surface area contributed by atoms with Crippen LogP contribution in [0.4, 0.5) is 5.69 Å². The molecule has 2 aromatic carbocycles. The Kier molecular flexibility index (Phi) is 6.50. The lowest BCUT2D eigenvalue weighted by Crippen LogP contribution is -2.26. The van der Waals surface area contributed by atoms with Crippen molar-refractivity contribution < 1.29 is 22.4 Å². The number of methoxy groups -OCH3 is 1. The minimum absolute atomic E-state index is 0.0238. The lowest BCUT2D eigenvalue weighted by molar-refractivity contribution is 0.0994.